The summed E-state index contributed by atoms with van der Waals surface area (Å²) in [6.45, 7) is 4.49. The van der Waals surface area contributed by atoms with Crippen molar-refractivity contribution in [2.45, 2.75) is 43.8 Å². The smallest absolute Gasteiger partial charge is 0.285 e. The largest absolute Gasteiger partial charge is 0.324 e. The third-order valence-corrected chi connectivity index (χ3v) is 3.26. The van der Waals surface area contributed by atoms with Gasteiger partial charge in [0.15, 0.2) is 0 Å². The van der Waals surface area contributed by atoms with Gasteiger partial charge in [-0.1, -0.05) is 0 Å². The molecule has 4 heteroatoms. The maximum absolute atomic E-state index is 5.82. The van der Waals surface area contributed by atoms with Crippen LogP contribution in [0.5, 0.6) is 0 Å². The van der Waals surface area contributed by atoms with Gasteiger partial charge in [-0.05, 0) is 26.3 Å². The van der Waals surface area contributed by atoms with Crippen molar-refractivity contribution in [1.82, 2.24) is 5.32 Å². The molecule has 0 aromatic carbocycles. The Morgan fingerprint density at radius 3 is 2.64 bits per heavy atom. The van der Waals surface area contributed by atoms with E-state index >= 15 is 0 Å². The summed E-state index contributed by atoms with van der Waals surface area (Å²) in [7, 11) is 0. The second-order valence-electron chi connectivity index (χ2n) is 4.81. The fourth-order valence-corrected chi connectivity index (χ4v) is 2.49. The third-order valence-electron chi connectivity index (χ3n) is 3.26. The summed E-state index contributed by atoms with van der Waals surface area (Å²) < 4.78 is 17.1. The third kappa shape index (κ3) is 1.37. The molecule has 3 saturated heterocycles. The van der Waals surface area contributed by atoms with E-state index in [0.29, 0.717) is 19.3 Å². The zero-order chi connectivity index (χ0) is 9.65. The van der Waals surface area contributed by atoms with Crippen LogP contribution in [0, 0.1) is 0 Å². The quantitative estimate of drug-likeness (QED) is 0.707. The number of nitrogens with one attached hydrogen (secondary N) is 1. The number of ether oxygens (including phenoxy) is 3. The Morgan fingerprint density at radius 1 is 1.36 bits per heavy atom. The predicted octanol–water partition coefficient (Wildman–Crippen LogP) is 0.618. The lowest BCUT2D eigenvalue weighted by Gasteiger charge is -2.26. The Hall–Kier alpha value is -0.160. The molecule has 0 amide bonds. The SMILES string of the molecule is CC12COC(CC3CCCN3)(OC1)O2. The minimum atomic E-state index is -0.725. The fraction of sp³-hybridized carbons (Fsp3) is 1.00. The first-order valence-corrected chi connectivity index (χ1v) is 5.41. The average molecular weight is 199 g/mol. The summed E-state index contributed by atoms with van der Waals surface area (Å²) in [6, 6.07) is 0.496. The standard InChI is InChI=1S/C10H17NO3/c1-9-6-12-10(14-9,13-7-9)5-8-3-2-4-11-8/h8,11H,2-7H2,1H3. The highest BCUT2D eigenvalue weighted by Crippen LogP contribution is 2.43. The lowest BCUT2D eigenvalue weighted by atomic mass is 10.1. The molecule has 1 unspecified atom stereocenters. The maximum Gasteiger partial charge on any atom is 0.285 e. The van der Waals surface area contributed by atoms with Crippen LogP contribution >= 0.6 is 0 Å². The summed E-state index contributed by atoms with van der Waals surface area (Å²) in [6.07, 6.45) is 3.27. The van der Waals surface area contributed by atoms with Crippen LogP contribution in [-0.2, 0) is 14.2 Å². The second kappa shape index (κ2) is 2.92. The molecule has 0 aromatic heterocycles. The zero-order valence-electron chi connectivity index (χ0n) is 8.54. The molecule has 3 aliphatic heterocycles. The van der Waals surface area contributed by atoms with Crippen LogP contribution in [0.25, 0.3) is 0 Å². The molecule has 3 aliphatic rings. The zero-order valence-corrected chi connectivity index (χ0v) is 8.54. The van der Waals surface area contributed by atoms with Crippen molar-refractivity contribution in [3.8, 4) is 0 Å². The van der Waals surface area contributed by atoms with E-state index in [9.17, 15) is 0 Å². The molecular weight excluding hydrogens is 182 g/mol. The van der Waals surface area contributed by atoms with Crippen LogP contribution < -0.4 is 5.32 Å². The molecule has 3 fully saturated rings. The molecule has 4 nitrogen and oxygen atoms in total. The van der Waals surface area contributed by atoms with Gasteiger partial charge >= 0.3 is 0 Å². The minimum Gasteiger partial charge on any atom is -0.324 e. The molecule has 1 atom stereocenters. The fourth-order valence-electron chi connectivity index (χ4n) is 2.49. The van der Waals surface area contributed by atoms with Gasteiger partial charge in [0.05, 0.1) is 13.2 Å². The van der Waals surface area contributed by atoms with Gasteiger partial charge in [0.2, 0.25) is 0 Å². The monoisotopic (exact) mass is 199 g/mol. The Morgan fingerprint density at radius 2 is 2.14 bits per heavy atom. The van der Waals surface area contributed by atoms with Gasteiger partial charge in [0.25, 0.3) is 5.97 Å². The first-order valence-electron chi connectivity index (χ1n) is 5.41. The van der Waals surface area contributed by atoms with Gasteiger partial charge in [-0.15, -0.1) is 0 Å². The van der Waals surface area contributed by atoms with Gasteiger partial charge < -0.3 is 19.5 Å². The molecule has 1 N–H and O–H groups in total. The molecule has 0 aliphatic carbocycles. The number of fused-ring (bicyclic) bond motifs is 2. The van der Waals surface area contributed by atoms with E-state index in [2.05, 4.69) is 5.32 Å². The predicted molar refractivity (Wildman–Crippen MR) is 49.8 cm³/mol. The van der Waals surface area contributed by atoms with Crippen molar-refractivity contribution in [2.75, 3.05) is 19.8 Å². The molecule has 3 heterocycles. The van der Waals surface area contributed by atoms with Crippen molar-refractivity contribution >= 4 is 0 Å². The van der Waals surface area contributed by atoms with E-state index in [4.69, 9.17) is 14.2 Å². The highest BCUT2D eigenvalue weighted by Gasteiger charge is 2.57. The van der Waals surface area contributed by atoms with Crippen LogP contribution in [0.2, 0.25) is 0 Å². The van der Waals surface area contributed by atoms with Gasteiger partial charge in [0.1, 0.15) is 5.60 Å². The summed E-state index contributed by atoms with van der Waals surface area (Å²) in [4.78, 5) is 0. The molecule has 0 aromatic rings. The topological polar surface area (TPSA) is 39.7 Å². The van der Waals surface area contributed by atoms with E-state index in [1.807, 2.05) is 6.92 Å². The Kier molecular flexibility index (Phi) is 1.89. The van der Waals surface area contributed by atoms with Gasteiger partial charge in [-0.25, -0.2) is 0 Å². The maximum atomic E-state index is 5.82. The van der Waals surface area contributed by atoms with Crippen LogP contribution in [0.1, 0.15) is 26.2 Å². The van der Waals surface area contributed by atoms with Gasteiger partial charge in [-0.2, -0.15) is 0 Å². The average Bonchev–Trinajstić information content (AvgIpc) is 2.80. The number of hydrogen-bond donors (Lipinski definition) is 1. The second-order valence-corrected chi connectivity index (χ2v) is 4.81. The molecular formula is C10H17NO3. The normalized spacial score (nSPS) is 51.6. The van der Waals surface area contributed by atoms with Crippen LogP contribution in [0.4, 0.5) is 0 Å². The van der Waals surface area contributed by atoms with E-state index in [1.54, 1.807) is 0 Å². The van der Waals surface area contributed by atoms with Crippen molar-refractivity contribution < 1.29 is 14.2 Å². The first kappa shape index (κ1) is 9.09. The van der Waals surface area contributed by atoms with Crippen LogP contribution in [-0.4, -0.2) is 37.4 Å². The van der Waals surface area contributed by atoms with E-state index < -0.39 is 5.97 Å². The first-order chi connectivity index (χ1) is 6.70. The van der Waals surface area contributed by atoms with E-state index in [1.165, 1.54) is 12.8 Å². The minimum absolute atomic E-state index is 0.196. The molecule has 14 heavy (non-hydrogen) atoms. The Labute approximate surface area is 83.9 Å². The van der Waals surface area contributed by atoms with E-state index in [0.717, 1.165) is 13.0 Å². The Bertz CT molecular complexity index is 230. The van der Waals surface area contributed by atoms with Crippen LogP contribution in [0.15, 0.2) is 0 Å². The molecule has 2 bridgehead atoms. The summed E-state index contributed by atoms with van der Waals surface area (Å²) in [5, 5.41) is 3.43. The molecule has 0 saturated carbocycles. The van der Waals surface area contributed by atoms with Crippen molar-refractivity contribution in [3.63, 3.8) is 0 Å². The number of hydrogen-bond acceptors (Lipinski definition) is 4. The van der Waals surface area contributed by atoms with Crippen molar-refractivity contribution in [3.05, 3.63) is 0 Å². The molecule has 3 rings (SSSR count). The number of rotatable bonds is 2. The lowest BCUT2D eigenvalue weighted by molar-refractivity contribution is -0.303. The highest BCUT2D eigenvalue weighted by molar-refractivity contribution is 4.92. The summed E-state index contributed by atoms with van der Waals surface area (Å²) in [5.74, 6) is -0.725. The lowest BCUT2D eigenvalue weighted by Crippen LogP contribution is -2.39. The van der Waals surface area contributed by atoms with Gasteiger partial charge in [0, 0.05) is 12.5 Å². The van der Waals surface area contributed by atoms with Crippen LogP contribution in [0.3, 0.4) is 0 Å². The highest BCUT2D eigenvalue weighted by atomic mass is 16.9. The van der Waals surface area contributed by atoms with Gasteiger partial charge in [-0.3, -0.25) is 0 Å². The summed E-state index contributed by atoms with van der Waals surface area (Å²) >= 11 is 0. The molecule has 0 radical (unpaired) electrons. The Balaban J connectivity index is 1.67. The van der Waals surface area contributed by atoms with E-state index in [-0.39, 0.29) is 5.60 Å². The molecule has 80 valence electrons. The van der Waals surface area contributed by atoms with Crippen molar-refractivity contribution in [1.29, 1.82) is 0 Å². The molecule has 0 spiro atoms. The van der Waals surface area contributed by atoms with Crippen molar-refractivity contribution in [2.24, 2.45) is 0 Å². The summed E-state index contributed by atoms with van der Waals surface area (Å²) in [5.41, 5.74) is -0.196.